The molecule has 0 aliphatic rings. The summed E-state index contributed by atoms with van der Waals surface area (Å²) in [4.78, 5) is 26.9. The Hall–Kier alpha value is -2.67. The fourth-order valence-corrected chi connectivity index (χ4v) is 2.41. The van der Waals surface area contributed by atoms with E-state index in [9.17, 15) is 9.59 Å². The summed E-state index contributed by atoms with van der Waals surface area (Å²) in [7, 11) is 0. The van der Waals surface area contributed by atoms with Gasteiger partial charge in [-0.25, -0.2) is 10.5 Å². The first-order valence-electron chi connectivity index (χ1n) is 8.34. The molecule has 2 amide bonds. The molecule has 0 aliphatic heterocycles. The van der Waals surface area contributed by atoms with Gasteiger partial charge in [0.2, 0.25) is 5.91 Å². The largest absolute Gasteiger partial charge is 0.432 e. The highest BCUT2D eigenvalue weighted by Gasteiger charge is 2.13. The Labute approximate surface area is 146 Å². The zero-order valence-corrected chi connectivity index (χ0v) is 14.2. The average molecular weight is 345 g/mol. The SMILES string of the molecule is Cc1cccc(-c2cnc(C(=O)NCCCCCCC(=O)NO)o2)c1. The van der Waals surface area contributed by atoms with Gasteiger partial charge in [-0.05, 0) is 25.8 Å². The Balaban J connectivity index is 1.70. The molecule has 0 radical (unpaired) electrons. The first-order chi connectivity index (χ1) is 12.1. The maximum absolute atomic E-state index is 12.0. The Morgan fingerprint density at radius 2 is 2.00 bits per heavy atom. The molecule has 25 heavy (non-hydrogen) atoms. The quantitative estimate of drug-likeness (QED) is 0.368. The summed E-state index contributed by atoms with van der Waals surface area (Å²) in [6, 6.07) is 7.80. The van der Waals surface area contributed by atoms with Crippen LogP contribution in [0.4, 0.5) is 0 Å². The van der Waals surface area contributed by atoms with Gasteiger partial charge >= 0.3 is 5.91 Å². The Kier molecular flexibility index (Phi) is 7.16. The molecule has 1 aromatic carbocycles. The predicted molar refractivity (Wildman–Crippen MR) is 92.0 cm³/mol. The van der Waals surface area contributed by atoms with Gasteiger partial charge in [0.1, 0.15) is 0 Å². The molecule has 2 rings (SSSR count). The van der Waals surface area contributed by atoms with Gasteiger partial charge in [0, 0.05) is 18.5 Å². The maximum atomic E-state index is 12.0. The third kappa shape index (κ3) is 6.04. The van der Waals surface area contributed by atoms with Crippen molar-refractivity contribution in [2.45, 2.75) is 39.0 Å². The molecular weight excluding hydrogens is 322 g/mol. The number of rotatable bonds is 9. The van der Waals surface area contributed by atoms with Crippen LogP contribution < -0.4 is 10.8 Å². The zero-order chi connectivity index (χ0) is 18.1. The number of unbranched alkanes of at least 4 members (excludes halogenated alkanes) is 3. The Bertz CT molecular complexity index is 712. The number of aromatic nitrogens is 1. The summed E-state index contributed by atoms with van der Waals surface area (Å²) >= 11 is 0. The molecule has 0 spiro atoms. The third-order valence-electron chi connectivity index (χ3n) is 3.74. The molecule has 0 atom stereocenters. The van der Waals surface area contributed by atoms with E-state index >= 15 is 0 Å². The van der Waals surface area contributed by atoms with Crippen molar-refractivity contribution in [2.75, 3.05) is 6.54 Å². The predicted octanol–water partition coefficient (Wildman–Crippen LogP) is 2.84. The molecule has 0 saturated heterocycles. The number of hydroxylamine groups is 1. The van der Waals surface area contributed by atoms with Crippen molar-refractivity contribution >= 4 is 11.8 Å². The van der Waals surface area contributed by atoms with E-state index in [-0.39, 0.29) is 17.7 Å². The van der Waals surface area contributed by atoms with Crippen LogP contribution in [0.25, 0.3) is 11.3 Å². The fraction of sp³-hybridized carbons (Fsp3) is 0.389. The lowest BCUT2D eigenvalue weighted by atomic mass is 10.1. The standard InChI is InChI=1S/C18H23N3O4/c1-13-7-6-8-14(11-13)15-12-20-18(25-15)17(23)19-10-5-3-2-4-9-16(22)21-24/h6-8,11-12,24H,2-5,9-10H2,1H3,(H,19,23)(H,21,22). The third-order valence-corrected chi connectivity index (χ3v) is 3.74. The maximum Gasteiger partial charge on any atom is 0.307 e. The minimum absolute atomic E-state index is 0.0520. The van der Waals surface area contributed by atoms with Crippen LogP contribution in [0.15, 0.2) is 34.9 Å². The molecule has 0 fully saturated rings. The minimum Gasteiger partial charge on any atom is -0.432 e. The van der Waals surface area contributed by atoms with Gasteiger partial charge in [0.15, 0.2) is 5.76 Å². The van der Waals surface area contributed by atoms with Crippen LogP contribution >= 0.6 is 0 Å². The molecule has 7 nitrogen and oxygen atoms in total. The van der Waals surface area contributed by atoms with E-state index in [1.807, 2.05) is 31.2 Å². The van der Waals surface area contributed by atoms with Crippen LogP contribution in [0.2, 0.25) is 0 Å². The number of carbonyl (C=O) groups is 2. The van der Waals surface area contributed by atoms with Crippen molar-refractivity contribution in [2.24, 2.45) is 0 Å². The zero-order valence-electron chi connectivity index (χ0n) is 14.2. The van der Waals surface area contributed by atoms with Crippen molar-refractivity contribution in [3.8, 4) is 11.3 Å². The second-order valence-corrected chi connectivity index (χ2v) is 5.85. The number of aryl methyl sites for hydroxylation is 1. The highest BCUT2D eigenvalue weighted by molar-refractivity contribution is 5.89. The Morgan fingerprint density at radius 1 is 1.20 bits per heavy atom. The van der Waals surface area contributed by atoms with Gasteiger partial charge in [-0.15, -0.1) is 0 Å². The summed E-state index contributed by atoms with van der Waals surface area (Å²) in [5, 5.41) is 11.1. The Morgan fingerprint density at radius 3 is 2.76 bits per heavy atom. The summed E-state index contributed by atoms with van der Waals surface area (Å²) < 4.78 is 5.53. The monoisotopic (exact) mass is 345 g/mol. The van der Waals surface area contributed by atoms with E-state index < -0.39 is 0 Å². The molecular formula is C18H23N3O4. The molecule has 1 heterocycles. The number of amides is 2. The summed E-state index contributed by atoms with van der Waals surface area (Å²) in [5.74, 6) is -0.0905. The van der Waals surface area contributed by atoms with E-state index in [1.54, 1.807) is 11.7 Å². The van der Waals surface area contributed by atoms with Gasteiger partial charge in [-0.3, -0.25) is 14.8 Å². The van der Waals surface area contributed by atoms with Gasteiger partial charge in [0.05, 0.1) is 6.20 Å². The number of nitrogens with zero attached hydrogens (tertiary/aromatic N) is 1. The van der Waals surface area contributed by atoms with Crippen molar-refractivity contribution < 1.29 is 19.2 Å². The molecule has 7 heteroatoms. The molecule has 3 N–H and O–H groups in total. The van der Waals surface area contributed by atoms with E-state index in [0.717, 1.165) is 30.4 Å². The average Bonchev–Trinajstić information content (AvgIpc) is 3.10. The van der Waals surface area contributed by atoms with E-state index in [4.69, 9.17) is 9.62 Å². The highest BCUT2D eigenvalue weighted by Crippen LogP contribution is 2.21. The second-order valence-electron chi connectivity index (χ2n) is 5.85. The van der Waals surface area contributed by atoms with Crippen LogP contribution in [0.3, 0.4) is 0 Å². The van der Waals surface area contributed by atoms with E-state index in [0.29, 0.717) is 25.1 Å². The van der Waals surface area contributed by atoms with Gasteiger partial charge in [-0.1, -0.05) is 36.6 Å². The van der Waals surface area contributed by atoms with Gasteiger partial charge in [-0.2, -0.15) is 0 Å². The number of hydrogen-bond acceptors (Lipinski definition) is 5. The van der Waals surface area contributed by atoms with Crippen LogP contribution in [0.1, 0.15) is 48.4 Å². The van der Waals surface area contributed by atoms with Crippen LogP contribution in [0, 0.1) is 6.92 Å². The molecule has 0 saturated carbocycles. The molecule has 0 aliphatic carbocycles. The van der Waals surface area contributed by atoms with Crippen molar-refractivity contribution in [3.05, 3.63) is 41.9 Å². The minimum atomic E-state index is -0.374. The summed E-state index contributed by atoms with van der Waals surface area (Å²) in [6.07, 6.45) is 5.12. The molecule has 134 valence electrons. The van der Waals surface area contributed by atoms with Crippen LogP contribution in [-0.4, -0.2) is 28.6 Å². The van der Waals surface area contributed by atoms with E-state index in [2.05, 4.69) is 10.3 Å². The summed E-state index contributed by atoms with van der Waals surface area (Å²) in [5.41, 5.74) is 3.60. The van der Waals surface area contributed by atoms with Crippen molar-refractivity contribution in [3.63, 3.8) is 0 Å². The normalized spacial score (nSPS) is 10.5. The highest BCUT2D eigenvalue weighted by atomic mass is 16.5. The topological polar surface area (TPSA) is 104 Å². The van der Waals surface area contributed by atoms with Crippen LogP contribution in [0.5, 0.6) is 0 Å². The number of nitrogens with one attached hydrogen (secondary N) is 2. The summed E-state index contributed by atoms with van der Waals surface area (Å²) in [6.45, 7) is 2.51. The lowest BCUT2D eigenvalue weighted by molar-refractivity contribution is -0.129. The fourth-order valence-electron chi connectivity index (χ4n) is 2.41. The molecule has 0 unspecified atom stereocenters. The van der Waals surface area contributed by atoms with Gasteiger partial charge in [0.25, 0.3) is 5.89 Å². The number of hydrogen-bond donors (Lipinski definition) is 3. The first kappa shape index (κ1) is 18.7. The van der Waals surface area contributed by atoms with Crippen LogP contribution in [-0.2, 0) is 4.79 Å². The first-order valence-corrected chi connectivity index (χ1v) is 8.34. The smallest absolute Gasteiger partial charge is 0.307 e. The number of carbonyl (C=O) groups excluding carboxylic acids is 2. The second kappa shape index (κ2) is 9.58. The van der Waals surface area contributed by atoms with Gasteiger partial charge < -0.3 is 9.73 Å². The lowest BCUT2D eigenvalue weighted by Gasteiger charge is -2.03. The lowest BCUT2D eigenvalue weighted by Crippen LogP contribution is -2.24. The van der Waals surface area contributed by atoms with E-state index in [1.165, 1.54) is 0 Å². The van der Waals surface area contributed by atoms with Crippen molar-refractivity contribution in [1.82, 2.24) is 15.8 Å². The molecule has 2 aromatic rings. The molecule has 1 aromatic heterocycles. The van der Waals surface area contributed by atoms with Crippen molar-refractivity contribution in [1.29, 1.82) is 0 Å². The number of benzene rings is 1. The number of oxazole rings is 1. The molecule has 0 bridgehead atoms.